The highest BCUT2D eigenvalue weighted by Crippen LogP contribution is 2.23. The molecule has 4 heteroatoms. The Hall–Kier alpha value is -2.20. The summed E-state index contributed by atoms with van der Waals surface area (Å²) in [4.78, 5) is 4.42. The van der Waals surface area contributed by atoms with Crippen molar-refractivity contribution < 1.29 is 5.11 Å². The number of aliphatic hydroxyl groups is 1. The number of aryl methyl sites for hydroxylation is 3. The predicted octanol–water partition coefficient (Wildman–Crippen LogP) is 3.58. The third-order valence-corrected chi connectivity index (χ3v) is 4.27. The highest BCUT2D eigenvalue weighted by atomic mass is 16.2. The van der Waals surface area contributed by atoms with Crippen LogP contribution in [0.1, 0.15) is 36.6 Å². The van der Waals surface area contributed by atoms with Crippen molar-refractivity contribution in [3.8, 4) is 11.3 Å². The van der Waals surface area contributed by atoms with Crippen LogP contribution in [0.3, 0.4) is 0 Å². The first-order valence-corrected chi connectivity index (χ1v) is 8.27. The Morgan fingerprint density at radius 2 is 2.00 bits per heavy atom. The fourth-order valence-corrected chi connectivity index (χ4v) is 2.95. The van der Waals surface area contributed by atoms with Gasteiger partial charge in [-0.3, -0.25) is 0 Å². The standard InChI is InChI=1S/C19H23N3O/c1-3-15-7-8-16(12-14(15)2)18-9-10-20-19-13-17(21-22(18)19)6-4-5-11-23/h7-10,12-13,23H,3-6,11H2,1-2H3. The molecule has 0 radical (unpaired) electrons. The molecule has 120 valence electrons. The number of benzene rings is 1. The topological polar surface area (TPSA) is 50.4 Å². The summed E-state index contributed by atoms with van der Waals surface area (Å²) in [6, 6.07) is 10.6. The molecule has 0 aliphatic heterocycles. The fourth-order valence-electron chi connectivity index (χ4n) is 2.95. The maximum Gasteiger partial charge on any atom is 0.155 e. The van der Waals surface area contributed by atoms with Crippen molar-refractivity contribution in [3.63, 3.8) is 0 Å². The lowest BCUT2D eigenvalue weighted by atomic mass is 10.0. The zero-order chi connectivity index (χ0) is 16.2. The molecule has 0 fully saturated rings. The molecule has 1 aromatic carbocycles. The summed E-state index contributed by atoms with van der Waals surface area (Å²) < 4.78 is 1.93. The molecule has 0 bridgehead atoms. The Bertz CT molecular complexity index is 807. The van der Waals surface area contributed by atoms with Gasteiger partial charge in [0.2, 0.25) is 0 Å². The van der Waals surface area contributed by atoms with E-state index in [4.69, 9.17) is 10.2 Å². The molecular weight excluding hydrogens is 286 g/mol. The lowest BCUT2D eigenvalue weighted by molar-refractivity contribution is 0.284. The van der Waals surface area contributed by atoms with E-state index in [0.29, 0.717) is 0 Å². The molecule has 0 saturated heterocycles. The lowest BCUT2D eigenvalue weighted by Crippen LogP contribution is -1.97. The Balaban J connectivity index is 1.98. The molecule has 1 N–H and O–H groups in total. The van der Waals surface area contributed by atoms with Crippen molar-refractivity contribution >= 4 is 5.65 Å². The normalized spacial score (nSPS) is 11.3. The van der Waals surface area contributed by atoms with Crippen molar-refractivity contribution in [2.75, 3.05) is 6.61 Å². The quantitative estimate of drug-likeness (QED) is 0.708. The van der Waals surface area contributed by atoms with Crippen molar-refractivity contribution in [2.45, 2.75) is 39.5 Å². The van der Waals surface area contributed by atoms with Crippen molar-refractivity contribution in [2.24, 2.45) is 0 Å². The van der Waals surface area contributed by atoms with E-state index in [1.807, 2.05) is 22.8 Å². The van der Waals surface area contributed by atoms with Crippen LogP contribution in [0.15, 0.2) is 36.5 Å². The van der Waals surface area contributed by atoms with Gasteiger partial charge < -0.3 is 5.11 Å². The van der Waals surface area contributed by atoms with Gasteiger partial charge in [0.1, 0.15) is 0 Å². The highest BCUT2D eigenvalue weighted by Gasteiger charge is 2.09. The average molecular weight is 309 g/mol. The van der Waals surface area contributed by atoms with Gasteiger partial charge in [-0.15, -0.1) is 0 Å². The second-order valence-corrected chi connectivity index (χ2v) is 5.91. The molecule has 0 spiro atoms. The van der Waals surface area contributed by atoms with Gasteiger partial charge in [-0.2, -0.15) is 5.10 Å². The number of aromatic nitrogens is 3. The van der Waals surface area contributed by atoms with Crippen LogP contribution in [-0.4, -0.2) is 26.3 Å². The number of nitrogens with zero attached hydrogens (tertiary/aromatic N) is 3. The van der Waals surface area contributed by atoms with E-state index in [1.165, 1.54) is 11.1 Å². The van der Waals surface area contributed by atoms with Crippen LogP contribution in [-0.2, 0) is 12.8 Å². The maximum atomic E-state index is 8.91. The third kappa shape index (κ3) is 3.27. The first kappa shape index (κ1) is 15.7. The monoisotopic (exact) mass is 309 g/mol. The van der Waals surface area contributed by atoms with Crippen LogP contribution < -0.4 is 0 Å². The maximum absolute atomic E-state index is 8.91. The Labute approximate surface area is 136 Å². The van der Waals surface area contributed by atoms with E-state index < -0.39 is 0 Å². The van der Waals surface area contributed by atoms with Gasteiger partial charge in [0, 0.05) is 24.4 Å². The summed E-state index contributed by atoms with van der Waals surface area (Å²) in [5.74, 6) is 0. The molecule has 2 aromatic heterocycles. The van der Waals surface area contributed by atoms with Crippen LogP contribution in [0.2, 0.25) is 0 Å². The van der Waals surface area contributed by atoms with Gasteiger partial charge in [-0.1, -0.05) is 19.1 Å². The van der Waals surface area contributed by atoms with Crippen LogP contribution >= 0.6 is 0 Å². The van der Waals surface area contributed by atoms with Crippen LogP contribution in [0.25, 0.3) is 16.9 Å². The van der Waals surface area contributed by atoms with Gasteiger partial charge in [0.15, 0.2) is 5.65 Å². The molecule has 0 unspecified atom stereocenters. The molecule has 3 aromatic rings. The van der Waals surface area contributed by atoms with E-state index in [9.17, 15) is 0 Å². The average Bonchev–Trinajstić information content (AvgIpc) is 2.97. The second-order valence-electron chi connectivity index (χ2n) is 5.91. The van der Waals surface area contributed by atoms with Crippen molar-refractivity contribution in [1.82, 2.24) is 14.6 Å². The van der Waals surface area contributed by atoms with Crippen molar-refractivity contribution in [1.29, 1.82) is 0 Å². The Kier molecular flexibility index (Phi) is 4.72. The summed E-state index contributed by atoms with van der Waals surface area (Å²) in [5, 5.41) is 13.6. The summed E-state index contributed by atoms with van der Waals surface area (Å²) in [6.45, 7) is 4.57. The second kappa shape index (κ2) is 6.92. The number of rotatable bonds is 6. The van der Waals surface area contributed by atoms with E-state index in [-0.39, 0.29) is 6.61 Å². The minimum atomic E-state index is 0.236. The van der Waals surface area contributed by atoms with Gasteiger partial charge >= 0.3 is 0 Å². The fraction of sp³-hybridized carbons (Fsp3) is 0.368. The number of hydrogen-bond donors (Lipinski definition) is 1. The zero-order valence-corrected chi connectivity index (χ0v) is 13.8. The van der Waals surface area contributed by atoms with E-state index >= 15 is 0 Å². The van der Waals surface area contributed by atoms with Crippen LogP contribution in [0, 0.1) is 6.92 Å². The molecule has 0 aliphatic carbocycles. The first-order chi connectivity index (χ1) is 11.2. The summed E-state index contributed by atoms with van der Waals surface area (Å²) in [6.07, 6.45) is 5.52. The molecule has 4 nitrogen and oxygen atoms in total. The molecule has 23 heavy (non-hydrogen) atoms. The van der Waals surface area contributed by atoms with E-state index in [1.54, 1.807) is 0 Å². The van der Waals surface area contributed by atoms with Gasteiger partial charge in [-0.25, -0.2) is 9.50 Å². The van der Waals surface area contributed by atoms with Gasteiger partial charge in [0.05, 0.1) is 11.4 Å². The Morgan fingerprint density at radius 1 is 1.13 bits per heavy atom. The number of unbranched alkanes of at least 4 members (excludes halogenated alkanes) is 1. The van der Waals surface area contributed by atoms with E-state index in [2.05, 4.69) is 37.0 Å². The number of aliphatic hydroxyl groups excluding tert-OH is 1. The molecule has 0 atom stereocenters. The SMILES string of the molecule is CCc1ccc(-c2ccnc3cc(CCCCO)nn23)cc1C. The highest BCUT2D eigenvalue weighted by molar-refractivity contribution is 5.64. The molecular formula is C19H23N3O. The molecule has 0 amide bonds. The van der Waals surface area contributed by atoms with Crippen LogP contribution in [0.5, 0.6) is 0 Å². The minimum absolute atomic E-state index is 0.236. The number of fused-ring (bicyclic) bond motifs is 1. The summed E-state index contributed by atoms with van der Waals surface area (Å²) >= 11 is 0. The Morgan fingerprint density at radius 3 is 2.74 bits per heavy atom. The van der Waals surface area contributed by atoms with E-state index in [0.717, 1.165) is 48.3 Å². The molecule has 0 aliphatic rings. The van der Waals surface area contributed by atoms with Gasteiger partial charge in [0.25, 0.3) is 0 Å². The summed E-state index contributed by atoms with van der Waals surface area (Å²) in [7, 11) is 0. The molecule has 3 rings (SSSR count). The predicted molar refractivity (Wildman–Crippen MR) is 92.6 cm³/mol. The van der Waals surface area contributed by atoms with Crippen molar-refractivity contribution in [3.05, 3.63) is 53.3 Å². The third-order valence-electron chi connectivity index (χ3n) is 4.27. The molecule has 2 heterocycles. The zero-order valence-electron chi connectivity index (χ0n) is 13.8. The number of hydrogen-bond acceptors (Lipinski definition) is 3. The largest absolute Gasteiger partial charge is 0.396 e. The van der Waals surface area contributed by atoms with Crippen LogP contribution in [0.4, 0.5) is 0 Å². The smallest absolute Gasteiger partial charge is 0.155 e. The first-order valence-electron chi connectivity index (χ1n) is 8.27. The minimum Gasteiger partial charge on any atom is -0.396 e. The summed E-state index contributed by atoms with van der Waals surface area (Å²) in [5.41, 5.74) is 6.82. The lowest BCUT2D eigenvalue weighted by Gasteiger charge is -2.08. The van der Waals surface area contributed by atoms with Gasteiger partial charge in [-0.05, 0) is 55.9 Å². The molecule has 0 saturated carbocycles.